The first-order valence-corrected chi connectivity index (χ1v) is 4.78. The summed E-state index contributed by atoms with van der Waals surface area (Å²) in [5.74, 6) is 0. The maximum Gasteiger partial charge on any atom is 0.146 e. The largest absolute Gasteiger partial charge is 0.378 e. The number of hydrogen-bond acceptors (Lipinski definition) is 2. The zero-order valence-corrected chi connectivity index (χ0v) is 8.98. The Morgan fingerprint density at radius 1 is 1.67 bits per heavy atom. The van der Waals surface area contributed by atoms with Crippen molar-refractivity contribution in [3.05, 3.63) is 10.1 Å². The van der Waals surface area contributed by atoms with Crippen LogP contribution >= 0.6 is 15.9 Å². The van der Waals surface area contributed by atoms with Gasteiger partial charge in [-0.15, -0.1) is 0 Å². The Morgan fingerprint density at radius 2 is 2.33 bits per heavy atom. The number of aldehydes is 1. The zero-order valence-electron chi connectivity index (χ0n) is 7.39. The van der Waals surface area contributed by atoms with E-state index >= 15 is 0 Å². The average Bonchev–Trinajstić information content (AvgIpc) is 2.10. The first-order valence-electron chi connectivity index (χ1n) is 3.99. The molecular weight excluding hydrogens is 220 g/mol. The molecule has 0 aromatic rings. The second kappa shape index (κ2) is 3.71. The maximum absolute atomic E-state index is 10.6. The molecule has 1 aliphatic carbocycles. The van der Waals surface area contributed by atoms with Gasteiger partial charge in [0.25, 0.3) is 0 Å². The maximum atomic E-state index is 10.6. The predicted molar refractivity (Wildman–Crippen MR) is 51.3 cm³/mol. The minimum Gasteiger partial charge on any atom is -0.378 e. The van der Waals surface area contributed by atoms with Gasteiger partial charge < -0.3 is 4.74 Å². The van der Waals surface area contributed by atoms with Gasteiger partial charge in [0.15, 0.2) is 0 Å². The van der Waals surface area contributed by atoms with Crippen LogP contribution in [0.5, 0.6) is 0 Å². The Morgan fingerprint density at radius 3 is 2.83 bits per heavy atom. The quantitative estimate of drug-likeness (QED) is 0.684. The molecule has 1 atom stereocenters. The van der Waals surface area contributed by atoms with Gasteiger partial charge in [-0.05, 0) is 19.8 Å². The molecule has 0 fully saturated rings. The lowest BCUT2D eigenvalue weighted by atomic mass is 9.86. The van der Waals surface area contributed by atoms with E-state index in [0.29, 0.717) is 6.42 Å². The third-order valence-corrected chi connectivity index (χ3v) is 3.33. The monoisotopic (exact) mass is 232 g/mol. The number of methoxy groups -OCH3 is 1. The molecule has 3 heteroatoms. The van der Waals surface area contributed by atoms with Crippen molar-refractivity contribution in [2.75, 3.05) is 7.11 Å². The molecule has 1 unspecified atom stereocenters. The minimum absolute atomic E-state index is 0.145. The van der Waals surface area contributed by atoms with E-state index in [1.165, 1.54) is 0 Å². The highest BCUT2D eigenvalue weighted by atomic mass is 79.9. The van der Waals surface area contributed by atoms with Crippen LogP contribution in [0.15, 0.2) is 10.1 Å². The normalized spacial score (nSPS) is 30.6. The lowest BCUT2D eigenvalue weighted by Gasteiger charge is -2.32. The van der Waals surface area contributed by atoms with Gasteiger partial charge in [-0.1, -0.05) is 15.9 Å². The van der Waals surface area contributed by atoms with Gasteiger partial charge in [0.2, 0.25) is 0 Å². The van der Waals surface area contributed by atoms with Crippen LogP contribution in [0.25, 0.3) is 0 Å². The van der Waals surface area contributed by atoms with Gasteiger partial charge in [0.1, 0.15) is 6.29 Å². The van der Waals surface area contributed by atoms with Crippen LogP contribution in [0.2, 0.25) is 0 Å². The smallest absolute Gasteiger partial charge is 0.146 e. The summed E-state index contributed by atoms with van der Waals surface area (Å²) in [5, 5.41) is 0. The lowest BCUT2D eigenvalue weighted by molar-refractivity contribution is -0.106. The summed E-state index contributed by atoms with van der Waals surface area (Å²) in [6.45, 7) is 2.04. The molecular formula is C9H13BrO2. The third-order valence-electron chi connectivity index (χ3n) is 2.42. The predicted octanol–water partition coefficient (Wildman–Crippen LogP) is 2.42. The van der Waals surface area contributed by atoms with Crippen LogP contribution in [0.3, 0.4) is 0 Å². The van der Waals surface area contributed by atoms with Crippen molar-refractivity contribution < 1.29 is 9.53 Å². The molecule has 0 aromatic heterocycles. The molecule has 2 nitrogen and oxygen atoms in total. The molecule has 68 valence electrons. The van der Waals surface area contributed by atoms with E-state index in [9.17, 15) is 4.79 Å². The molecule has 12 heavy (non-hydrogen) atoms. The molecule has 0 amide bonds. The van der Waals surface area contributed by atoms with Gasteiger partial charge in [-0.3, -0.25) is 4.79 Å². The van der Waals surface area contributed by atoms with Crippen molar-refractivity contribution in [1.29, 1.82) is 0 Å². The van der Waals surface area contributed by atoms with Crippen LogP contribution in [0.4, 0.5) is 0 Å². The fourth-order valence-corrected chi connectivity index (χ4v) is 1.83. The summed E-state index contributed by atoms with van der Waals surface area (Å²) in [6.07, 6.45) is 3.51. The molecule has 0 aliphatic heterocycles. The van der Waals surface area contributed by atoms with Crippen LogP contribution in [-0.4, -0.2) is 19.0 Å². The van der Waals surface area contributed by atoms with E-state index in [2.05, 4.69) is 15.9 Å². The molecule has 0 saturated heterocycles. The van der Waals surface area contributed by atoms with E-state index in [4.69, 9.17) is 4.74 Å². The van der Waals surface area contributed by atoms with Crippen molar-refractivity contribution in [2.24, 2.45) is 0 Å². The van der Waals surface area contributed by atoms with Crippen LogP contribution in [0, 0.1) is 0 Å². The minimum atomic E-state index is -0.145. The Kier molecular flexibility index (Phi) is 3.07. The number of allylic oxidation sites excluding steroid dienone is 1. The highest BCUT2D eigenvalue weighted by Crippen LogP contribution is 2.36. The summed E-state index contributed by atoms with van der Waals surface area (Å²) in [7, 11) is 1.70. The number of ether oxygens (including phenoxy) is 1. The van der Waals surface area contributed by atoms with Crippen LogP contribution in [-0.2, 0) is 9.53 Å². The van der Waals surface area contributed by atoms with Crippen LogP contribution < -0.4 is 0 Å². The van der Waals surface area contributed by atoms with E-state index in [-0.39, 0.29) is 5.60 Å². The zero-order chi connectivity index (χ0) is 9.19. The fourth-order valence-electron chi connectivity index (χ4n) is 1.40. The van der Waals surface area contributed by atoms with Crippen molar-refractivity contribution >= 4 is 22.2 Å². The summed E-state index contributed by atoms with van der Waals surface area (Å²) >= 11 is 3.39. The van der Waals surface area contributed by atoms with Gasteiger partial charge >= 0.3 is 0 Å². The van der Waals surface area contributed by atoms with E-state index < -0.39 is 0 Å². The molecule has 1 rings (SSSR count). The third kappa shape index (κ3) is 1.96. The number of halogens is 1. The molecule has 1 aliphatic rings. The Balaban J connectivity index is 2.80. The number of rotatable bonds is 2. The molecule has 0 heterocycles. The summed E-state index contributed by atoms with van der Waals surface area (Å²) in [4.78, 5) is 10.6. The Bertz CT molecular complexity index is 223. The molecule has 0 radical (unpaired) electrons. The standard InChI is InChI=1S/C9H13BrO2/c1-9(12-2)4-3-8(10)7(5-9)6-11/h6H,3-5H2,1-2H3. The van der Waals surface area contributed by atoms with Crippen molar-refractivity contribution in [3.63, 3.8) is 0 Å². The highest BCUT2D eigenvalue weighted by Gasteiger charge is 2.30. The lowest BCUT2D eigenvalue weighted by Crippen LogP contribution is -2.30. The summed E-state index contributed by atoms with van der Waals surface area (Å²) in [6, 6.07) is 0. The number of carbonyl (C=O) groups excluding carboxylic acids is 1. The van der Waals surface area contributed by atoms with Crippen molar-refractivity contribution in [2.45, 2.75) is 31.8 Å². The van der Waals surface area contributed by atoms with Gasteiger partial charge in [0, 0.05) is 23.6 Å². The van der Waals surface area contributed by atoms with E-state index in [1.54, 1.807) is 7.11 Å². The Hall–Kier alpha value is -0.150. The molecule has 0 N–H and O–H groups in total. The highest BCUT2D eigenvalue weighted by molar-refractivity contribution is 9.11. The number of hydrogen-bond donors (Lipinski definition) is 0. The second-order valence-electron chi connectivity index (χ2n) is 3.38. The average molecular weight is 233 g/mol. The molecule has 0 aromatic carbocycles. The fraction of sp³-hybridized carbons (Fsp3) is 0.667. The van der Waals surface area contributed by atoms with Crippen molar-refractivity contribution in [1.82, 2.24) is 0 Å². The first kappa shape index (κ1) is 9.93. The van der Waals surface area contributed by atoms with Crippen LogP contribution in [0.1, 0.15) is 26.2 Å². The van der Waals surface area contributed by atoms with E-state index in [1.807, 2.05) is 6.92 Å². The van der Waals surface area contributed by atoms with Gasteiger partial charge in [-0.2, -0.15) is 0 Å². The SMILES string of the molecule is COC1(C)CCC(Br)=C(C=O)C1. The second-order valence-corrected chi connectivity index (χ2v) is 4.34. The number of carbonyl (C=O) groups is 1. The van der Waals surface area contributed by atoms with Crippen molar-refractivity contribution in [3.8, 4) is 0 Å². The summed E-state index contributed by atoms with van der Waals surface area (Å²) in [5.41, 5.74) is 0.693. The molecule has 0 saturated carbocycles. The molecule has 0 bridgehead atoms. The van der Waals surface area contributed by atoms with E-state index in [0.717, 1.165) is 29.2 Å². The van der Waals surface area contributed by atoms with Gasteiger partial charge in [-0.25, -0.2) is 0 Å². The Labute approximate surface area is 81.1 Å². The van der Waals surface area contributed by atoms with Gasteiger partial charge in [0.05, 0.1) is 5.60 Å². The first-order chi connectivity index (χ1) is 5.61. The molecule has 0 spiro atoms. The topological polar surface area (TPSA) is 26.3 Å². The summed E-state index contributed by atoms with van der Waals surface area (Å²) < 4.78 is 6.38.